The van der Waals surface area contributed by atoms with Gasteiger partial charge in [-0.3, -0.25) is 14.4 Å². The summed E-state index contributed by atoms with van der Waals surface area (Å²) in [6, 6.07) is 3.08. The zero-order valence-corrected chi connectivity index (χ0v) is 12.3. The predicted molar refractivity (Wildman–Crippen MR) is 75.1 cm³/mol. The molecule has 0 unspecified atom stereocenters. The van der Waals surface area contributed by atoms with E-state index in [2.05, 4.69) is 0 Å². The number of ketones is 2. The summed E-state index contributed by atoms with van der Waals surface area (Å²) < 4.78 is 10.9. The third-order valence-electron chi connectivity index (χ3n) is 3.20. The Bertz CT molecular complexity index is 606. The van der Waals surface area contributed by atoms with Crippen molar-refractivity contribution < 1.29 is 23.9 Å². The number of nitrogens with zero attached hydrogens (tertiary/aromatic N) is 1. The SMILES string of the molecule is CC(=O)c1ccc(OCC(=O)N(C)C)c2c1OCCC2=O. The fourth-order valence-electron chi connectivity index (χ4n) is 2.02. The summed E-state index contributed by atoms with van der Waals surface area (Å²) in [7, 11) is 3.24. The molecule has 1 aliphatic heterocycles. The van der Waals surface area contributed by atoms with Crippen LogP contribution in [-0.4, -0.2) is 49.7 Å². The Morgan fingerprint density at radius 1 is 1.33 bits per heavy atom. The summed E-state index contributed by atoms with van der Waals surface area (Å²) in [5, 5.41) is 0. The molecule has 0 saturated carbocycles. The number of amides is 1. The fourth-order valence-corrected chi connectivity index (χ4v) is 2.02. The molecule has 0 aromatic heterocycles. The summed E-state index contributed by atoms with van der Waals surface area (Å²) >= 11 is 0. The first-order valence-corrected chi connectivity index (χ1v) is 6.58. The fraction of sp³-hybridized carbons (Fsp3) is 0.400. The molecule has 1 heterocycles. The van der Waals surface area contributed by atoms with Crippen molar-refractivity contribution in [3.05, 3.63) is 23.3 Å². The van der Waals surface area contributed by atoms with Crippen LogP contribution in [0.25, 0.3) is 0 Å². The summed E-state index contributed by atoms with van der Waals surface area (Å²) in [5.74, 6) is -0.0180. The average molecular weight is 291 g/mol. The van der Waals surface area contributed by atoms with E-state index in [0.29, 0.717) is 5.56 Å². The van der Waals surface area contributed by atoms with E-state index in [4.69, 9.17) is 9.47 Å². The summed E-state index contributed by atoms with van der Waals surface area (Å²) in [6.45, 7) is 1.48. The van der Waals surface area contributed by atoms with Gasteiger partial charge in [0.25, 0.3) is 5.91 Å². The third-order valence-corrected chi connectivity index (χ3v) is 3.20. The van der Waals surface area contributed by atoms with Crippen molar-refractivity contribution in [1.29, 1.82) is 0 Å². The lowest BCUT2D eigenvalue weighted by Crippen LogP contribution is -2.28. The second kappa shape index (κ2) is 5.95. The van der Waals surface area contributed by atoms with Crippen LogP contribution in [0.3, 0.4) is 0 Å². The molecule has 2 rings (SSSR count). The average Bonchev–Trinajstić information content (AvgIpc) is 2.44. The number of Topliss-reactive ketones (excluding diaryl/α,β-unsaturated/α-hetero) is 2. The lowest BCUT2D eigenvalue weighted by atomic mass is 9.98. The molecule has 0 atom stereocenters. The van der Waals surface area contributed by atoms with E-state index in [9.17, 15) is 14.4 Å². The second-order valence-corrected chi connectivity index (χ2v) is 4.97. The molecule has 0 spiro atoms. The molecule has 0 saturated heterocycles. The molecule has 1 aromatic rings. The van der Waals surface area contributed by atoms with Crippen molar-refractivity contribution >= 4 is 17.5 Å². The van der Waals surface area contributed by atoms with Gasteiger partial charge in [0.2, 0.25) is 0 Å². The van der Waals surface area contributed by atoms with Crippen molar-refractivity contribution in [3.8, 4) is 11.5 Å². The number of rotatable bonds is 4. The molecule has 1 aliphatic rings. The molecule has 0 bridgehead atoms. The van der Waals surface area contributed by atoms with Crippen LogP contribution in [0.4, 0.5) is 0 Å². The molecule has 0 N–H and O–H groups in total. The predicted octanol–water partition coefficient (Wildman–Crippen LogP) is 1.32. The van der Waals surface area contributed by atoms with E-state index < -0.39 is 0 Å². The highest BCUT2D eigenvalue weighted by molar-refractivity contribution is 6.07. The third kappa shape index (κ3) is 3.04. The number of hydrogen-bond acceptors (Lipinski definition) is 5. The molecule has 112 valence electrons. The van der Waals surface area contributed by atoms with Gasteiger partial charge in [-0.05, 0) is 19.1 Å². The number of hydrogen-bond donors (Lipinski definition) is 0. The van der Waals surface area contributed by atoms with Crippen LogP contribution in [0.15, 0.2) is 12.1 Å². The first kappa shape index (κ1) is 15.0. The van der Waals surface area contributed by atoms with Crippen LogP contribution >= 0.6 is 0 Å². The molecule has 6 heteroatoms. The highest BCUT2D eigenvalue weighted by Crippen LogP contribution is 2.36. The summed E-state index contributed by atoms with van der Waals surface area (Å²) in [4.78, 5) is 36.7. The van der Waals surface area contributed by atoms with Crippen LogP contribution in [0.5, 0.6) is 11.5 Å². The lowest BCUT2D eigenvalue weighted by Gasteiger charge is -2.21. The number of ether oxygens (including phenoxy) is 2. The van der Waals surface area contributed by atoms with Crippen molar-refractivity contribution in [2.75, 3.05) is 27.3 Å². The monoisotopic (exact) mass is 291 g/mol. The largest absolute Gasteiger partial charge is 0.491 e. The van der Waals surface area contributed by atoms with Gasteiger partial charge in [0.05, 0.1) is 12.2 Å². The number of fused-ring (bicyclic) bond motifs is 1. The molecular weight excluding hydrogens is 274 g/mol. The minimum atomic E-state index is -0.219. The quantitative estimate of drug-likeness (QED) is 0.782. The lowest BCUT2D eigenvalue weighted by molar-refractivity contribution is -0.130. The molecule has 6 nitrogen and oxygen atoms in total. The van der Waals surface area contributed by atoms with Crippen molar-refractivity contribution in [2.24, 2.45) is 0 Å². The maximum absolute atomic E-state index is 12.1. The van der Waals surface area contributed by atoms with E-state index >= 15 is 0 Å². The van der Waals surface area contributed by atoms with Crippen LogP contribution in [0, 0.1) is 0 Å². The Labute approximate surface area is 122 Å². The maximum atomic E-state index is 12.1. The van der Waals surface area contributed by atoms with E-state index in [0.717, 1.165) is 0 Å². The standard InChI is InChI=1S/C15H17NO5/c1-9(17)10-4-5-12(21-8-13(19)16(2)3)14-11(18)6-7-20-15(10)14/h4-5H,6-8H2,1-3H3. The summed E-state index contributed by atoms with van der Waals surface area (Å²) in [6.07, 6.45) is 0.229. The molecule has 0 aliphatic carbocycles. The van der Waals surface area contributed by atoms with Gasteiger partial charge in [0, 0.05) is 20.5 Å². The van der Waals surface area contributed by atoms with Gasteiger partial charge in [0.1, 0.15) is 17.1 Å². The second-order valence-electron chi connectivity index (χ2n) is 4.97. The highest BCUT2D eigenvalue weighted by atomic mass is 16.5. The summed E-state index contributed by atoms with van der Waals surface area (Å²) in [5.41, 5.74) is 0.602. The van der Waals surface area contributed by atoms with E-state index in [1.165, 1.54) is 17.9 Å². The maximum Gasteiger partial charge on any atom is 0.259 e. The molecule has 1 amide bonds. The Morgan fingerprint density at radius 3 is 2.67 bits per heavy atom. The van der Waals surface area contributed by atoms with Crippen molar-refractivity contribution in [1.82, 2.24) is 4.90 Å². The minimum Gasteiger partial charge on any atom is -0.491 e. The van der Waals surface area contributed by atoms with Crippen LogP contribution in [0.2, 0.25) is 0 Å². The van der Waals surface area contributed by atoms with Crippen molar-refractivity contribution in [3.63, 3.8) is 0 Å². The first-order chi connectivity index (χ1) is 9.91. The number of benzene rings is 1. The van der Waals surface area contributed by atoms with E-state index in [1.807, 2.05) is 0 Å². The first-order valence-electron chi connectivity index (χ1n) is 6.58. The van der Waals surface area contributed by atoms with Gasteiger partial charge >= 0.3 is 0 Å². The molecule has 0 radical (unpaired) electrons. The van der Waals surface area contributed by atoms with Gasteiger partial charge in [-0.1, -0.05) is 0 Å². The Hall–Kier alpha value is -2.37. The van der Waals surface area contributed by atoms with Crippen LogP contribution in [-0.2, 0) is 4.79 Å². The van der Waals surface area contributed by atoms with Crippen molar-refractivity contribution in [2.45, 2.75) is 13.3 Å². The zero-order chi connectivity index (χ0) is 15.6. The Balaban J connectivity index is 2.37. The Morgan fingerprint density at radius 2 is 2.05 bits per heavy atom. The van der Waals surface area contributed by atoms with E-state index in [1.54, 1.807) is 20.2 Å². The van der Waals surface area contributed by atoms with Gasteiger partial charge in [-0.2, -0.15) is 0 Å². The number of likely N-dealkylation sites (N-methyl/N-ethyl adjacent to an activating group) is 1. The van der Waals surface area contributed by atoms with Gasteiger partial charge in [0.15, 0.2) is 18.2 Å². The van der Waals surface area contributed by atoms with Gasteiger partial charge in [-0.25, -0.2) is 0 Å². The number of carbonyl (C=O) groups excluding carboxylic acids is 3. The molecule has 21 heavy (non-hydrogen) atoms. The topological polar surface area (TPSA) is 72.9 Å². The van der Waals surface area contributed by atoms with Crippen LogP contribution < -0.4 is 9.47 Å². The molecule has 1 aromatic carbocycles. The minimum absolute atomic E-state index is 0.147. The zero-order valence-electron chi connectivity index (χ0n) is 12.3. The number of carbonyl (C=O) groups is 3. The van der Waals surface area contributed by atoms with E-state index in [-0.39, 0.29) is 54.2 Å². The normalized spacial score (nSPS) is 13.2. The molecule has 0 fully saturated rings. The smallest absolute Gasteiger partial charge is 0.259 e. The molecular formula is C15H17NO5. The van der Waals surface area contributed by atoms with Crippen LogP contribution in [0.1, 0.15) is 34.1 Å². The Kier molecular flexibility index (Phi) is 4.26. The highest BCUT2D eigenvalue weighted by Gasteiger charge is 2.27. The van der Waals surface area contributed by atoms with Gasteiger partial charge in [-0.15, -0.1) is 0 Å². The van der Waals surface area contributed by atoms with Gasteiger partial charge < -0.3 is 14.4 Å².